The number of carbonyl (C=O) groups excluding carboxylic acids is 1. The van der Waals surface area contributed by atoms with E-state index in [0.717, 1.165) is 13.1 Å². The SMILES string of the molecule is Cn1ccc(C(=O)NC2C3CNCC32)cc1=O. The van der Waals surface area contributed by atoms with Crippen LogP contribution in [0.1, 0.15) is 10.4 Å². The molecule has 0 aromatic carbocycles. The van der Waals surface area contributed by atoms with Crippen molar-refractivity contribution < 1.29 is 4.79 Å². The Labute approximate surface area is 98.8 Å². The third-order valence-electron chi connectivity index (χ3n) is 3.76. The zero-order valence-corrected chi connectivity index (χ0v) is 9.64. The van der Waals surface area contributed by atoms with Crippen molar-refractivity contribution in [3.05, 3.63) is 34.2 Å². The standard InChI is InChI=1S/C12H15N3O2/c1-15-3-2-7(4-10(15)16)12(17)14-11-8-5-13-6-9(8)11/h2-4,8-9,11,13H,5-6H2,1H3,(H,14,17). The third-order valence-corrected chi connectivity index (χ3v) is 3.76. The average molecular weight is 233 g/mol. The van der Waals surface area contributed by atoms with Gasteiger partial charge in [-0.25, -0.2) is 0 Å². The van der Waals surface area contributed by atoms with Gasteiger partial charge in [-0.1, -0.05) is 0 Å². The van der Waals surface area contributed by atoms with Crippen molar-refractivity contribution in [3.63, 3.8) is 0 Å². The first-order valence-corrected chi connectivity index (χ1v) is 5.85. The summed E-state index contributed by atoms with van der Waals surface area (Å²) in [4.78, 5) is 23.3. The van der Waals surface area contributed by atoms with E-state index in [1.54, 1.807) is 19.3 Å². The first-order valence-electron chi connectivity index (χ1n) is 5.85. The van der Waals surface area contributed by atoms with Crippen LogP contribution in [0.5, 0.6) is 0 Å². The predicted molar refractivity (Wildman–Crippen MR) is 62.8 cm³/mol. The molecule has 1 aromatic heterocycles. The van der Waals surface area contributed by atoms with E-state index in [-0.39, 0.29) is 11.5 Å². The highest BCUT2D eigenvalue weighted by Crippen LogP contribution is 2.41. The number of nitrogens with zero attached hydrogens (tertiary/aromatic N) is 1. The number of aromatic nitrogens is 1. The highest BCUT2D eigenvalue weighted by atomic mass is 16.2. The molecule has 1 saturated carbocycles. The summed E-state index contributed by atoms with van der Waals surface area (Å²) in [7, 11) is 1.67. The fourth-order valence-electron chi connectivity index (χ4n) is 2.56. The number of aryl methyl sites for hydroxylation is 1. The molecule has 1 saturated heterocycles. The topological polar surface area (TPSA) is 63.1 Å². The fourth-order valence-corrected chi connectivity index (χ4v) is 2.56. The summed E-state index contributed by atoms with van der Waals surface area (Å²) in [5.41, 5.74) is 0.293. The molecule has 90 valence electrons. The maximum atomic E-state index is 11.9. The second kappa shape index (κ2) is 3.70. The van der Waals surface area contributed by atoms with Crippen LogP contribution in [0, 0.1) is 11.8 Å². The molecule has 2 atom stereocenters. The van der Waals surface area contributed by atoms with Crippen LogP contribution in [0.4, 0.5) is 0 Å². The quantitative estimate of drug-likeness (QED) is 0.712. The highest BCUT2D eigenvalue weighted by molar-refractivity contribution is 5.94. The molecule has 2 fully saturated rings. The molecule has 2 N–H and O–H groups in total. The minimum atomic E-state index is -0.157. The number of nitrogens with one attached hydrogen (secondary N) is 2. The second-order valence-corrected chi connectivity index (χ2v) is 4.85. The van der Waals surface area contributed by atoms with Crippen molar-refractivity contribution in [2.75, 3.05) is 13.1 Å². The van der Waals surface area contributed by atoms with Gasteiger partial charge < -0.3 is 15.2 Å². The maximum Gasteiger partial charge on any atom is 0.251 e. The molecule has 1 amide bonds. The zero-order chi connectivity index (χ0) is 12.0. The Morgan fingerprint density at radius 1 is 1.47 bits per heavy atom. The van der Waals surface area contributed by atoms with E-state index in [2.05, 4.69) is 10.6 Å². The minimum Gasteiger partial charge on any atom is -0.349 e. The smallest absolute Gasteiger partial charge is 0.251 e. The summed E-state index contributed by atoms with van der Waals surface area (Å²) in [5, 5.41) is 6.27. The first kappa shape index (κ1) is 10.5. The summed E-state index contributed by atoms with van der Waals surface area (Å²) in [6, 6.07) is 3.35. The Morgan fingerprint density at radius 3 is 2.82 bits per heavy atom. The molecule has 0 radical (unpaired) electrons. The van der Waals surface area contributed by atoms with Crippen molar-refractivity contribution >= 4 is 5.91 Å². The average Bonchev–Trinajstić information content (AvgIpc) is 2.76. The van der Waals surface area contributed by atoms with Crippen LogP contribution in [0.2, 0.25) is 0 Å². The van der Waals surface area contributed by atoms with Crippen molar-refractivity contribution in [2.45, 2.75) is 6.04 Å². The Hall–Kier alpha value is -1.62. The van der Waals surface area contributed by atoms with E-state index >= 15 is 0 Å². The van der Waals surface area contributed by atoms with E-state index < -0.39 is 0 Å². The van der Waals surface area contributed by atoms with Crippen LogP contribution >= 0.6 is 0 Å². The Balaban J connectivity index is 1.70. The molecule has 1 aromatic rings. The number of fused-ring (bicyclic) bond motifs is 1. The molecule has 17 heavy (non-hydrogen) atoms. The van der Waals surface area contributed by atoms with Crippen LogP contribution in [0.3, 0.4) is 0 Å². The van der Waals surface area contributed by atoms with Crippen LogP contribution in [-0.4, -0.2) is 29.6 Å². The van der Waals surface area contributed by atoms with Crippen LogP contribution in [0.25, 0.3) is 0 Å². The molecule has 5 nitrogen and oxygen atoms in total. The summed E-state index contributed by atoms with van der Waals surface area (Å²) in [6.45, 7) is 1.98. The van der Waals surface area contributed by atoms with Gasteiger partial charge in [-0.15, -0.1) is 0 Å². The van der Waals surface area contributed by atoms with Gasteiger partial charge in [-0.05, 0) is 17.9 Å². The summed E-state index contributed by atoms with van der Waals surface area (Å²) >= 11 is 0. The first-order chi connectivity index (χ1) is 8.16. The van der Waals surface area contributed by atoms with E-state index in [4.69, 9.17) is 0 Å². The number of pyridine rings is 1. The van der Waals surface area contributed by atoms with Crippen molar-refractivity contribution in [2.24, 2.45) is 18.9 Å². The molecule has 0 bridgehead atoms. The van der Waals surface area contributed by atoms with E-state index in [9.17, 15) is 9.59 Å². The van der Waals surface area contributed by atoms with Gasteiger partial charge in [0, 0.05) is 44.0 Å². The van der Waals surface area contributed by atoms with Gasteiger partial charge in [-0.3, -0.25) is 9.59 Å². The lowest BCUT2D eigenvalue weighted by Gasteiger charge is -2.07. The van der Waals surface area contributed by atoms with Gasteiger partial charge in [0.15, 0.2) is 0 Å². The number of rotatable bonds is 2. The lowest BCUT2D eigenvalue weighted by molar-refractivity contribution is 0.0946. The largest absolute Gasteiger partial charge is 0.349 e. The molecule has 1 aliphatic carbocycles. The molecule has 2 heterocycles. The molecule has 5 heteroatoms. The predicted octanol–water partition coefficient (Wildman–Crippen LogP) is -0.667. The second-order valence-electron chi connectivity index (χ2n) is 4.85. The zero-order valence-electron chi connectivity index (χ0n) is 9.64. The van der Waals surface area contributed by atoms with Crippen LogP contribution in [0.15, 0.2) is 23.1 Å². The monoisotopic (exact) mass is 233 g/mol. The molecule has 2 aliphatic rings. The summed E-state index contributed by atoms with van der Waals surface area (Å²) in [5.74, 6) is 1.04. The number of hydrogen-bond donors (Lipinski definition) is 2. The molecular formula is C12H15N3O2. The molecule has 1 aliphatic heterocycles. The normalized spacial score (nSPS) is 29.8. The van der Waals surface area contributed by atoms with E-state index in [1.807, 2.05) is 0 Å². The molecule has 3 rings (SSSR count). The van der Waals surface area contributed by atoms with Crippen LogP contribution < -0.4 is 16.2 Å². The fraction of sp³-hybridized carbons (Fsp3) is 0.500. The minimum absolute atomic E-state index is 0.137. The van der Waals surface area contributed by atoms with Crippen LogP contribution in [-0.2, 0) is 7.05 Å². The third kappa shape index (κ3) is 1.76. The van der Waals surface area contributed by atoms with Crippen molar-refractivity contribution in [3.8, 4) is 0 Å². The number of carbonyl (C=O) groups is 1. The Kier molecular flexibility index (Phi) is 2.29. The van der Waals surface area contributed by atoms with Crippen molar-refractivity contribution in [1.29, 1.82) is 0 Å². The number of piperidine rings is 1. The Bertz CT molecular complexity index is 513. The summed E-state index contributed by atoms with van der Waals surface area (Å²) < 4.78 is 1.45. The summed E-state index contributed by atoms with van der Waals surface area (Å²) in [6.07, 6.45) is 1.62. The Morgan fingerprint density at radius 2 is 2.18 bits per heavy atom. The van der Waals surface area contributed by atoms with E-state index in [0.29, 0.717) is 23.4 Å². The van der Waals surface area contributed by atoms with Gasteiger partial charge in [0.1, 0.15) is 0 Å². The lowest BCUT2D eigenvalue weighted by Crippen LogP contribution is -2.33. The molecule has 2 unspecified atom stereocenters. The molecular weight excluding hydrogens is 218 g/mol. The van der Waals surface area contributed by atoms with Crippen molar-refractivity contribution in [1.82, 2.24) is 15.2 Å². The number of hydrogen-bond acceptors (Lipinski definition) is 3. The molecule has 0 spiro atoms. The highest BCUT2D eigenvalue weighted by Gasteiger charge is 2.53. The van der Waals surface area contributed by atoms with E-state index in [1.165, 1.54) is 10.6 Å². The lowest BCUT2D eigenvalue weighted by atomic mass is 10.2. The van der Waals surface area contributed by atoms with Gasteiger partial charge >= 0.3 is 0 Å². The van der Waals surface area contributed by atoms with Gasteiger partial charge in [0.25, 0.3) is 11.5 Å². The van der Waals surface area contributed by atoms with Gasteiger partial charge in [0.2, 0.25) is 0 Å². The number of amides is 1. The maximum absolute atomic E-state index is 11.9. The van der Waals surface area contributed by atoms with Gasteiger partial charge in [-0.2, -0.15) is 0 Å². The van der Waals surface area contributed by atoms with Gasteiger partial charge in [0.05, 0.1) is 0 Å².